The number of unbranched alkanes of at least 4 members (excludes halogenated alkanes) is 1. The van der Waals surface area contributed by atoms with Crippen LogP contribution in [0.2, 0.25) is 0 Å². The maximum absolute atomic E-state index is 13.0. The summed E-state index contributed by atoms with van der Waals surface area (Å²) in [5.74, 6) is 0.610. The van der Waals surface area contributed by atoms with Gasteiger partial charge in [-0.25, -0.2) is 0 Å². The fourth-order valence-corrected chi connectivity index (χ4v) is 5.06. The minimum Gasteiger partial charge on any atom is -0.493 e. The van der Waals surface area contributed by atoms with Crippen LogP contribution in [-0.4, -0.2) is 54.4 Å². The quantitative estimate of drug-likeness (QED) is 0.338. The van der Waals surface area contributed by atoms with Gasteiger partial charge in [0.2, 0.25) is 0 Å². The Morgan fingerprint density at radius 2 is 1.50 bits per heavy atom. The lowest BCUT2D eigenvalue weighted by molar-refractivity contribution is 0.0606. The first-order valence-corrected chi connectivity index (χ1v) is 12.2. The predicted molar refractivity (Wildman–Crippen MR) is 135 cm³/mol. The van der Waals surface area contributed by atoms with Crippen LogP contribution in [0.4, 0.5) is 0 Å². The summed E-state index contributed by atoms with van der Waals surface area (Å²) in [4.78, 5) is 29.9. The van der Waals surface area contributed by atoms with Crippen molar-refractivity contribution in [3.63, 3.8) is 0 Å². The van der Waals surface area contributed by atoms with Gasteiger partial charge in [-0.15, -0.1) is 0 Å². The Morgan fingerprint density at radius 1 is 0.824 bits per heavy atom. The number of hydrogen-bond acceptors (Lipinski definition) is 4. The van der Waals surface area contributed by atoms with Gasteiger partial charge >= 0.3 is 0 Å². The number of para-hydroxylation sites is 1. The molecule has 0 bridgehead atoms. The lowest BCUT2D eigenvalue weighted by atomic mass is 9.94. The fourth-order valence-electron chi connectivity index (χ4n) is 5.06. The molecule has 0 N–H and O–H groups in total. The molecule has 2 aliphatic heterocycles. The highest BCUT2D eigenvalue weighted by molar-refractivity contribution is 6.25. The second-order valence-corrected chi connectivity index (χ2v) is 8.89. The van der Waals surface area contributed by atoms with E-state index in [1.54, 1.807) is 0 Å². The Kier molecular flexibility index (Phi) is 6.45. The number of nitrogens with zero attached hydrogens (tertiary/aromatic N) is 2. The van der Waals surface area contributed by atoms with Crippen molar-refractivity contribution < 1.29 is 14.3 Å². The Hall–Kier alpha value is -3.44. The molecule has 5 heteroatoms. The number of carbonyl (C=O) groups is 2. The molecule has 2 heterocycles. The van der Waals surface area contributed by atoms with Crippen LogP contribution in [0.25, 0.3) is 16.3 Å². The zero-order chi connectivity index (χ0) is 23.5. The SMILES string of the molecule is CCOc1ccccc1C1=CCN(CCCCN2C(=O)c3cccc4cccc(c34)C2=O)CC1. The molecule has 0 fully saturated rings. The second-order valence-electron chi connectivity index (χ2n) is 8.89. The summed E-state index contributed by atoms with van der Waals surface area (Å²) < 4.78 is 5.80. The van der Waals surface area contributed by atoms with Crippen molar-refractivity contribution in [1.29, 1.82) is 0 Å². The molecule has 0 aliphatic carbocycles. The number of imide groups is 1. The molecule has 0 atom stereocenters. The summed E-state index contributed by atoms with van der Waals surface area (Å²) in [5.41, 5.74) is 3.81. The van der Waals surface area contributed by atoms with Crippen LogP contribution in [0, 0.1) is 0 Å². The zero-order valence-corrected chi connectivity index (χ0v) is 19.6. The van der Waals surface area contributed by atoms with Crippen molar-refractivity contribution in [3.8, 4) is 5.75 Å². The molecule has 0 spiro atoms. The van der Waals surface area contributed by atoms with Crippen molar-refractivity contribution in [3.05, 3.63) is 83.4 Å². The van der Waals surface area contributed by atoms with Crippen LogP contribution in [0.5, 0.6) is 5.75 Å². The van der Waals surface area contributed by atoms with Gasteiger partial charge in [0.15, 0.2) is 0 Å². The lowest BCUT2D eigenvalue weighted by Gasteiger charge is -2.29. The highest BCUT2D eigenvalue weighted by Crippen LogP contribution is 2.31. The summed E-state index contributed by atoms with van der Waals surface area (Å²) in [6.45, 7) is 6.01. The van der Waals surface area contributed by atoms with E-state index in [0.29, 0.717) is 24.3 Å². The Balaban J connectivity index is 1.16. The molecule has 34 heavy (non-hydrogen) atoms. The number of benzene rings is 3. The van der Waals surface area contributed by atoms with E-state index >= 15 is 0 Å². The Morgan fingerprint density at radius 3 is 2.18 bits per heavy atom. The van der Waals surface area contributed by atoms with Crippen molar-refractivity contribution in [2.45, 2.75) is 26.2 Å². The maximum atomic E-state index is 13.0. The van der Waals surface area contributed by atoms with Crippen LogP contribution in [-0.2, 0) is 0 Å². The van der Waals surface area contributed by atoms with Gasteiger partial charge in [0.25, 0.3) is 11.8 Å². The summed E-state index contributed by atoms with van der Waals surface area (Å²) in [6, 6.07) is 19.6. The van der Waals surface area contributed by atoms with Gasteiger partial charge in [0.05, 0.1) is 6.61 Å². The van der Waals surface area contributed by atoms with Gasteiger partial charge in [-0.1, -0.05) is 48.5 Å². The van der Waals surface area contributed by atoms with Crippen LogP contribution in [0.3, 0.4) is 0 Å². The molecule has 174 valence electrons. The molecule has 0 saturated carbocycles. The van der Waals surface area contributed by atoms with E-state index in [0.717, 1.165) is 55.4 Å². The van der Waals surface area contributed by atoms with Gasteiger partial charge in [0, 0.05) is 41.7 Å². The summed E-state index contributed by atoms with van der Waals surface area (Å²) >= 11 is 0. The highest BCUT2D eigenvalue weighted by atomic mass is 16.5. The summed E-state index contributed by atoms with van der Waals surface area (Å²) in [7, 11) is 0. The lowest BCUT2D eigenvalue weighted by Crippen LogP contribution is -2.41. The van der Waals surface area contributed by atoms with E-state index in [9.17, 15) is 9.59 Å². The predicted octanol–water partition coefficient (Wildman–Crippen LogP) is 5.40. The third kappa shape index (κ3) is 4.24. The summed E-state index contributed by atoms with van der Waals surface area (Å²) in [5, 5.41) is 1.73. The van der Waals surface area contributed by atoms with Gasteiger partial charge in [-0.05, 0) is 61.9 Å². The van der Waals surface area contributed by atoms with E-state index < -0.39 is 0 Å². The van der Waals surface area contributed by atoms with E-state index in [1.807, 2.05) is 55.5 Å². The average Bonchev–Trinajstić information content (AvgIpc) is 2.87. The van der Waals surface area contributed by atoms with Crippen molar-refractivity contribution >= 4 is 28.2 Å². The molecule has 0 saturated heterocycles. The Labute approximate surface area is 200 Å². The molecule has 0 aromatic heterocycles. The minimum atomic E-state index is -0.173. The monoisotopic (exact) mass is 454 g/mol. The van der Waals surface area contributed by atoms with Gasteiger partial charge in [-0.2, -0.15) is 0 Å². The normalized spacial score (nSPS) is 16.1. The largest absolute Gasteiger partial charge is 0.493 e. The zero-order valence-electron chi connectivity index (χ0n) is 19.6. The number of amides is 2. The maximum Gasteiger partial charge on any atom is 0.261 e. The highest BCUT2D eigenvalue weighted by Gasteiger charge is 2.32. The van der Waals surface area contributed by atoms with Crippen LogP contribution in [0.15, 0.2) is 66.7 Å². The standard InChI is InChI=1S/C29H30N2O3/c1-2-34-26-14-4-3-11-23(26)21-15-19-30(20-16-21)17-5-6-18-31-28(32)24-12-7-9-22-10-8-13-25(27(22)24)29(31)33/h3-4,7-15H,2,5-6,16-20H2,1H3. The molecular formula is C29H30N2O3. The molecule has 5 rings (SSSR count). The molecular weight excluding hydrogens is 424 g/mol. The average molecular weight is 455 g/mol. The Bertz CT molecular complexity index is 1210. The van der Waals surface area contributed by atoms with E-state index in [-0.39, 0.29) is 11.8 Å². The minimum absolute atomic E-state index is 0.173. The fraction of sp³-hybridized carbons (Fsp3) is 0.310. The van der Waals surface area contributed by atoms with Crippen molar-refractivity contribution in [2.24, 2.45) is 0 Å². The molecule has 5 nitrogen and oxygen atoms in total. The van der Waals surface area contributed by atoms with Gasteiger partial charge in [-0.3, -0.25) is 19.4 Å². The molecule has 2 aliphatic rings. The molecule has 2 amide bonds. The third-order valence-electron chi connectivity index (χ3n) is 6.79. The van der Waals surface area contributed by atoms with Crippen LogP contribution < -0.4 is 4.74 Å². The number of rotatable bonds is 8. The summed E-state index contributed by atoms with van der Waals surface area (Å²) in [6.07, 6.45) is 5.04. The molecule has 3 aromatic carbocycles. The van der Waals surface area contributed by atoms with Crippen molar-refractivity contribution in [1.82, 2.24) is 9.80 Å². The number of hydrogen-bond donors (Lipinski definition) is 0. The van der Waals surface area contributed by atoms with Gasteiger partial charge < -0.3 is 4.74 Å². The second kappa shape index (κ2) is 9.82. The van der Waals surface area contributed by atoms with Crippen LogP contribution >= 0.6 is 0 Å². The van der Waals surface area contributed by atoms with Gasteiger partial charge in [0.1, 0.15) is 5.75 Å². The van der Waals surface area contributed by atoms with Crippen molar-refractivity contribution in [2.75, 3.05) is 32.8 Å². The number of ether oxygens (including phenoxy) is 1. The smallest absolute Gasteiger partial charge is 0.261 e. The molecule has 0 radical (unpaired) electrons. The molecule has 0 unspecified atom stereocenters. The first-order chi connectivity index (χ1) is 16.7. The number of carbonyl (C=O) groups excluding carboxylic acids is 2. The molecule has 3 aromatic rings. The van der Waals surface area contributed by atoms with E-state index in [2.05, 4.69) is 23.1 Å². The van der Waals surface area contributed by atoms with E-state index in [1.165, 1.54) is 16.0 Å². The van der Waals surface area contributed by atoms with Crippen LogP contribution in [0.1, 0.15) is 52.5 Å². The first-order valence-electron chi connectivity index (χ1n) is 12.2. The third-order valence-corrected chi connectivity index (χ3v) is 6.79. The first kappa shape index (κ1) is 22.4. The topological polar surface area (TPSA) is 49.9 Å². The van der Waals surface area contributed by atoms with E-state index in [4.69, 9.17) is 4.74 Å².